The van der Waals surface area contributed by atoms with Crippen LogP contribution in [0.5, 0.6) is 0 Å². The van der Waals surface area contributed by atoms with Gasteiger partial charge in [0.25, 0.3) is 0 Å². The van der Waals surface area contributed by atoms with E-state index in [9.17, 15) is 14.4 Å². The number of rotatable bonds is 3. The van der Waals surface area contributed by atoms with Crippen LogP contribution in [0, 0.1) is 5.92 Å². The predicted molar refractivity (Wildman–Crippen MR) is 59.1 cm³/mol. The molecule has 7 heteroatoms. The lowest BCUT2D eigenvalue weighted by molar-refractivity contribution is -0.142. The number of carbonyl (C=O) groups is 3. The molecular weight excluding hydrogens is 226 g/mol. The van der Waals surface area contributed by atoms with Crippen LogP contribution in [0.15, 0.2) is 0 Å². The van der Waals surface area contributed by atoms with E-state index in [2.05, 4.69) is 5.32 Å². The number of nitrogens with two attached hydrogens (primary N) is 1. The number of nitrogens with one attached hydrogen (secondary N) is 1. The molecule has 1 rings (SSSR count). The average molecular weight is 243 g/mol. The summed E-state index contributed by atoms with van der Waals surface area (Å²) in [7, 11) is 0. The van der Waals surface area contributed by atoms with E-state index >= 15 is 0 Å². The molecule has 0 bridgehead atoms. The molecule has 1 unspecified atom stereocenters. The zero-order valence-corrected chi connectivity index (χ0v) is 9.68. The van der Waals surface area contributed by atoms with Crippen LogP contribution >= 0.6 is 0 Å². The van der Waals surface area contributed by atoms with E-state index in [1.54, 1.807) is 0 Å². The van der Waals surface area contributed by atoms with E-state index < -0.39 is 18.0 Å². The molecular formula is C10H17N3O4. The minimum absolute atomic E-state index is 0.257. The molecule has 1 aliphatic heterocycles. The summed E-state index contributed by atoms with van der Waals surface area (Å²) in [5.41, 5.74) is 5.14. The predicted octanol–water partition coefficient (Wildman–Crippen LogP) is -0.634. The summed E-state index contributed by atoms with van der Waals surface area (Å²) < 4.78 is 0. The fraction of sp³-hybridized carbons (Fsp3) is 0.700. The van der Waals surface area contributed by atoms with Gasteiger partial charge in [0.05, 0.1) is 5.92 Å². The van der Waals surface area contributed by atoms with Crippen molar-refractivity contribution < 1.29 is 19.5 Å². The first-order chi connectivity index (χ1) is 7.91. The largest absolute Gasteiger partial charge is 0.480 e. The molecule has 0 aromatic heterocycles. The zero-order valence-electron chi connectivity index (χ0n) is 9.68. The third-order valence-corrected chi connectivity index (χ3v) is 2.83. The Morgan fingerprint density at radius 1 is 1.47 bits per heavy atom. The molecule has 1 heterocycles. The van der Waals surface area contributed by atoms with Crippen molar-refractivity contribution >= 4 is 17.9 Å². The van der Waals surface area contributed by atoms with Crippen molar-refractivity contribution in [1.82, 2.24) is 10.2 Å². The van der Waals surface area contributed by atoms with Crippen molar-refractivity contribution in [3.8, 4) is 0 Å². The van der Waals surface area contributed by atoms with Gasteiger partial charge in [-0.25, -0.2) is 4.79 Å². The lowest BCUT2D eigenvalue weighted by Gasteiger charge is -2.31. The Balaban J connectivity index is 2.52. The number of carboxylic acid groups (broad SMARTS) is 1. The molecule has 0 aromatic carbocycles. The Bertz CT molecular complexity index is 332. The second kappa shape index (κ2) is 5.51. The molecule has 0 spiro atoms. The Morgan fingerprint density at radius 3 is 2.65 bits per heavy atom. The summed E-state index contributed by atoms with van der Waals surface area (Å²) in [5, 5.41) is 11.1. The highest BCUT2D eigenvalue weighted by molar-refractivity contribution is 5.85. The summed E-state index contributed by atoms with van der Waals surface area (Å²) in [6, 6.07) is -1.47. The lowest BCUT2D eigenvalue weighted by atomic mass is 9.97. The Kier molecular flexibility index (Phi) is 4.30. The normalized spacial score (nSPS) is 21.7. The molecule has 1 aliphatic rings. The second-order valence-corrected chi connectivity index (χ2v) is 4.19. The fourth-order valence-electron chi connectivity index (χ4n) is 1.78. The van der Waals surface area contributed by atoms with Gasteiger partial charge in [-0.15, -0.1) is 0 Å². The SMILES string of the molecule is C[C@H](NC(=O)C1CCCN(C(N)=O)C1)C(=O)O. The van der Waals surface area contributed by atoms with Gasteiger partial charge in [-0.05, 0) is 19.8 Å². The molecule has 1 saturated heterocycles. The van der Waals surface area contributed by atoms with Gasteiger partial charge in [0.1, 0.15) is 6.04 Å². The van der Waals surface area contributed by atoms with E-state index in [1.165, 1.54) is 11.8 Å². The topological polar surface area (TPSA) is 113 Å². The molecule has 1 fully saturated rings. The maximum Gasteiger partial charge on any atom is 0.325 e. The highest BCUT2D eigenvalue weighted by Crippen LogP contribution is 2.16. The third kappa shape index (κ3) is 3.61. The minimum Gasteiger partial charge on any atom is -0.480 e. The molecule has 2 atom stereocenters. The van der Waals surface area contributed by atoms with Crippen LogP contribution in [-0.2, 0) is 9.59 Å². The number of aliphatic carboxylic acids is 1. The van der Waals surface area contributed by atoms with Crippen molar-refractivity contribution in [3.63, 3.8) is 0 Å². The number of primary amides is 1. The number of likely N-dealkylation sites (tertiary alicyclic amines) is 1. The molecule has 0 aromatic rings. The van der Waals surface area contributed by atoms with Crippen LogP contribution in [0.4, 0.5) is 4.79 Å². The molecule has 0 saturated carbocycles. The standard InChI is InChI=1S/C10H17N3O4/c1-6(9(15)16)12-8(14)7-3-2-4-13(5-7)10(11)17/h6-7H,2-5H2,1H3,(H2,11,17)(H,12,14)(H,15,16)/t6-,7?/m0/s1. The van der Waals surface area contributed by atoms with Crippen molar-refractivity contribution in [2.45, 2.75) is 25.8 Å². The Hall–Kier alpha value is -1.79. The number of nitrogens with zero attached hydrogens (tertiary/aromatic N) is 1. The molecule has 96 valence electrons. The van der Waals surface area contributed by atoms with E-state index in [0.29, 0.717) is 19.4 Å². The quantitative estimate of drug-likeness (QED) is 0.612. The summed E-state index contributed by atoms with van der Waals surface area (Å²) in [5.74, 6) is -1.80. The number of carboxylic acids is 1. The van der Waals surface area contributed by atoms with Crippen molar-refractivity contribution in [3.05, 3.63) is 0 Å². The first kappa shape index (κ1) is 13.3. The van der Waals surface area contributed by atoms with Crippen molar-refractivity contribution in [2.75, 3.05) is 13.1 Å². The number of carbonyl (C=O) groups excluding carboxylic acids is 2. The Labute approximate surface area is 98.9 Å². The minimum atomic E-state index is -1.08. The maximum absolute atomic E-state index is 11.7. The monoisotopic (exact) mass is 243 g/mol. The van der Waals surface area contributed by atoms with Gasteiger partial charge in [-0.1, -0.05) is 0 Å². The molecule has 7 nitrogen and oxygen atoms in total. The highest BCUT2D eigenvalue weighted by Gasteiger charge is 2.28. The van der Waals surface area contributed by atoms with E-state index in [1.807, 2.05) is 0 Å². The van der Waals surface area contributed by atoms with E-state index in [-0.39, 0.29) is 18.4 Å². The maximum atomic E-state index is 11.7. The number of hydrogen-bond donors (Lipinski definition) is 3. The summed E-state index contributed by atoms with van der Waals surface area (Å²) >= 11 is 0. The molecule has 17 heavy (non-hydrogen) atoms. The first-order valence-electron chi connectivity index (χ1n) is 5.49. The van der Waals surface area contributed by atoms with E-state index in [4.69, 9.17) is 10.8 Å². The summed E-state index contributed by atoms with van der Waals surface area (Å²) in [6.07, 6.45) is 1.34. The van der Waals surface area contributed by atoms with Gasteiger partial charge in [0.2, 0.25) is 5.91 Å². The van der Waals surface area contributed by atoms with Crippen LogP contribution in [0.2, 0.25) is 0 Å². The first-order valence-corrected chi connectivity index (χ1v) is 5.49. The number of amides is 3. The van der Waals surface area contributed by atoms with Crippen LogP contribution in [0.3, 0.4) is 0 Å². The number of piperidine rings is 1. The lowest BCUT2D eigenvalue weighted by Crippen LogP contribution is -2.49. The van der Waals surface area contributed by atoms with Gasteiger partial charge in [0.15, 0.2) is 0 Å². The van der Waals surface area contributed by atoms with Gasteiger partial charge in [-0.2, -0.15) is 0 Å². The Morgan fingerprint density at radius 2 is 2.12 bits per heavy atom. The summed E-state index contributed by atoms with van der Waals surface area (Å²) in [6.45, 7) is 2.20. The fourth-order valence-corrected chi connectivity index (χ4v) is 1.78. The van der Waals surface area contributed by atoms with Gasteiger partial charge < -0.3 is 21.1 Å². The molecule has 3 amide bonds. The smallest absolute Gasteiger partial charge is 0.325 e. The van der Waals surface area contributed by atoms with Crippen LogP contribution in [0.1, 0.15) is 19.8 Å². The van der Waals surface area contributed by atoms with Crippen molar-refractivity contribution in [2.24, 2.45) is 11.7 Å². The highest BCUT2D eigenvalue weighted by atomic mass is 16.4. The second-order valence-electron chi connectivity index (χ2n) is 4.19. The van der Waals surface area contributed by atoms with Crippen LogP contribution in [0.25, 0.3) is 0 Å². The van der Waals surface area contributed by atoms with Crippen LogP contribution in [-0.4, -0.2) is 47.0 Å². The van der Waals surface area contributed by atoms with Gasteiger partial charge >= 0.3 is 12.0 Å². The number of urea groups is 1. The van der Waals surface area contributed by atoms with Crippen LogP contribution < -0.4 is 11.1 Å². The van der Waals surface area contributed by atoms with Crippen molar-refractivity contribution in [1.29, 1.82) is 0 Å². The van der Waals surface area contributed by atoms with Gasteiger partial charge in [-0.3, -0.25) is 9.59 Å². The molecule has 4 N–H and O–H groups in total. The third-order valence-electron chi connectivity index (χ3n) is 2.83. The number of hydrogen-bond acceptors (Lipinski definition) is 3. The average Bonchev–Trinajstić information content (AvgIpc) is 2.28. The molecule has 0 radical (unpaired) electrons. The zero-order chi connectivity index (χ0) is 13.0. The molecule has 0 aliphatic carbocycles. The van der Waals surface area contributed by atoms with E-state index in [0.717, 1.165) is 0 Å². The summed E-state index contributed by atoms with van der Waals surface area (Å²) in [4.78, 5) is 34.7. The van der Waals surface area contributed by atoms with Gasteiger partial charge in [0, 0.05) is 13.1 Å².